The van der Waals surface area contributed by atoms with Crippen LogP contribution >= 0.6 is 0 Å². The van der Waals surface area contributed by atoms with Crippen LogP contribution in [0.1, 0.15) is 59.7 Å². The summed E-state index contributed by atoms with van der Waals surface area (Å²) in [5.74, 6) is 0.250. The van der Waals surface area contributed by atoms with Crippen molar-refractivity contribution in [3.63, 3.8) is 0 Å². The maximum absolute atomic E-state index is 11.1. The number of nitrogens with zero attached hydrogens (tertiary/aromatic N) is 2. The summed E-state index contributed by atoms with van der Waals surface area (Å²) < 4.78 is 1.93. The normalized spacial score (nSPS) is 24.2. The Morgan fingerprint density at radius 2 is 2.12 bits per heavy atom. The Balaban J connectivity index is 2.15. The molecule has 0 aromatic carbocycles. The zero-order valence-electron chi connectivity index (χ0n) is 8.89. The molecule has 2 aliphatic rings. The maximum Gasteiger partial charge on any atom is 0.356 e. The minimum atomic E-state index is -1.03. The summed E-state index contributed by atoms with van der Waals surface area (Å²) in [4.78, 5) is 15.3. The van der Waals surface area contributed by atoms with E-state index < -0.39 is 12.1 Å². The van der Waals surface area contributed by atoms with Crippen molar-refractivity contribution in [1.29, 1.82) is 0 Å². The Morgan fingerprint density at radius 1 is 1.38 bits per heavy atom. The standard InChI is InChI=1S/C11H14N2O3/c14-7-2-1-5-13-9(7)8(11(15)16)12-10(13)6-3-4-6/h6-7,14H,1-5H2,(H,15,16). The van der Waals surface area contributed by atoms with E-state index in [4.69, 9.17) is 5.11 Å². The molecule has 0 bridgehead atoms. The number of hydrogen-bond acceptors (Lipinski definition) is 3. The lowest BCUT2D eigenvalue weighted by Gasteiger charge is -2.21. The number of aromatic nitrogens is 2. The third kappa shape index (κ3) is 1.35. The molecular formula is C11H14N2O3. The van der Waals surface area contributed by atoms with Crippen LogP contribution in [0.15, 0.2) is 0 Å². The first-order valence-electron chi connectivity index (χ1n) is 5.70. The predicted molar refractivity (Wildman–Crippen MR) is 55.4 cm³/mol. The van der Waals surface area contributed by atoms with E-state index >= 15 is 0 Å². The molecule has 0 saturated heterocycles. The Morgan fingerprint density at radius 3 is 2.75 bits per heavy atom. The summed E-state index contributed by atoms with van der Waals surface area (Å²) >= 11 is 0. The maximum atomic E-state index is 11.1. The van der Waals surface area contributed by atoms with Gasteiger partial charge in [-0.1, -0.05) is 0 Å². The van der Waals surface area contributed by atoms with E-state index in [1.54, 1.807) is 0 Å². The molecule has 86 valence electrons. The topological polar surface area (TPSA) is 75.3 Å². The van der Waals surface area contributed by atoms with Crippen molar-refractivity contribution in [2.24, 2.45) is 0 Å². The first kappa shape index (κ1) is 9.84. The van der Waals surface area contributed by atoms with Gasteiger partial charge in [0, 0.05) is 12.5 Å². The largest absolute Gasteiger partial charge is 0.476 e. The summed E-state index contributed by atoms with van der Waals surface area (Å²) in [6.07, 6.45) is 3.04. The summed E-state index contributed by atoms with van der Waals surface area (Å²) in [6, 6.07) is 0. The van der Waals surface area contributed by atoms with Gasteiger partial charge in [-0.15, -0.1) is 0 Å². The molecule has 1 atom stereocenters. The monoisotopic (exact) mass is 222 g/mol. The molecule has 1 aromatic heterocycles. The molecule has 5 nitrogen and oxygen atoms in total. The van der Waals surface area contributed by atoms with Crippen LogP contribution in [0, 0.1) is 0 Å². The van der Waals surface area contributed by atoms with Crippen molar-refractivity contribution in [2.75, 3.05) is 0 Å². The van der Waals surface area contributed by atoms with Gasteiger partial charge >= 0.3 is 5.97 Å². The second-order valence-corrected chi connectivity index (χ2v) is 4.59. The highest BCUT2D eigenvalue weighted by atomic mass is 16.4. The molecule has 1 unspecified atom stereocenters. The van der Waals surface area contributed by atoms with Crippen LogP contribution < -0.4 is 0 Å². The minimum absolute atomic E-state index is 0.0501. The molecule has 0 amide bonds. The average molecular weight is 222 g/mol. The van der Waals surface area contributed by atoms with Crippen LogP contribution in [0.25, 0.3) is 0 Å². The summed E-state index contributed by atoms with van der Waals surface area (Å²) in [6.45, 7) is 0.790. The lowest BCUT2D eigenvalue weighted by atomic mass is 10.0. The van der Waals surface area contributed by atoms with Crippen LogP contribution in [0.4, 0.5) is 0 Å². The highest BCUT2D eigenvalue weighted by Crippen LogP contribution is 2.42. The second-order valence-electron chi connectivity index (χ2n) is 4.59. The molecule has 1 aliphatic heterocycles. The van der Waals surface area contributed by atoms with Crippen molar-refractivity contribution in [1.82, 2.24) is 9.55 Å². The molecule has 3 rings (SSSR count). The molecule has 0 spiro atoms. The van der Waals surface area contributed by atoms with E-state index in [1.807, 2.05) is 4.57 Å². The number of rotatable bonds is 2. The molecule has 2 heterocycles. The van der Waals surface area contributed by atoms with E-state index in [2.05, 4.69) is 4.98 Å². The fraction of sp³-hybridized carbons (Fsp3) is 0.636. The van der Waals surface area contributed by atoms with E-state index in [1.165, 1.54) is 0 Å². The number of imidazole rings is 1. The molecule has 5 heteroatoms. The van der Waals surface area contributed by atoms with Crippen molar-refractivity contribution >= 4 is 5.97 Å². The lowest BCUT2D eigenvalue weighted by molar-refractivity contribution is 0.0677. The smallest absolute Gasteiger partial charge is 0.356 e. The number of hydrogen-bond donors (Lipinski definition) is 2. The molecule has 1 saturated carbocycles. The Kier molecular flexibility index (Phi) is 2.04. The molecule has 0 radical (unpaired) electrons. The minimum Gasteiger partial charge on any atom is -0.476 e. The summed E-state index contributed by atoms with van der Waals surface area (Å²) in [5, 5.41) is 19.0. The van der Waals surface area contributed by atoms with E-state index in [0.717, 1.165) is 31.6 Å². The Labute approximate surface area is 92.7 Å². The predicted octanol–water partition coefficient (Wildman–Crippen LogP) is 1.29. The van der Waals surface area contributed by atoms with Gasteiger partial charge in [0.1, 0.15) is 5.82 Å². The first-order valence-corrected chi connectivity index (χ1v) is 5.70. The Bertz CT molecular complexity index is 448. The third-order valence-corrected chi connectivity index (χ3v) is 3.36. The van der Waals surface area contributed by atoms with Gasteiger partial charge in [0.2, 0.25) is 0 Å². The Hall–Kier alpha value is -1.36. The fourth-order valence-corrected chi connectivity index (χ4v) is 2.45. The highest BCUT2D eigenvalue weighted by molar-refractivity contribution is 5.87. The van der Waals surface area contributed by atoms with Crippen LogP contribution in [-0.4, -0.2) is 25.7 Å². The lowest BCUT2D eigenvalue weighted by Crippen LogP contribution is -2.18. The number of aliphatic hydroxyl groups excluding tert-OH is 1. The van der Waals surface area contributed by atoms with E-state index in [-0.39, 0.29) is 5.69 Å². The van der Waals surface area contributed by atoms with Gasteiger partial charge < -0.3 is 14.8 Å². The number of carboxylic acids is 1. The molecule has 1 aliphatic carbocycles. The van der Waals surface area contributed by atoms with Gasteiger partial charge in [-0.05, 0) is 25.7 Å². The summed E-state index contributed by atoms with van der Waals surface area (Å²) in [5.41, 5.74) is 0.565. The SMILES string of the molecule is O=C(O)c1nc(C2CC2)n2c1C(O)CCC2. The van der Waals surface area contributed by atoms with Crippen molar-refractivity contribution in [3.8, 4) is 0 Å². The van der Waals surface area contributed by atoms with E-state index in [0.29, 0.717) is 18.0 Å². The molecule has 1 aromatic rings. The van der Waals surface area contributed by atoms with E-state index in [9.17, 15) is 9.90 Å². The van der Waals surface area contributed by atoms with Crippen molar-refractivity contribution in [3.05, 3.63) is 17.2 Å². The number of fused-ring (bicyclic) bond motifs is 1. The van der Waals surface area contributed by atoms with Gasteiger partial charge in [0.05, 0.1) is 11.8 Å². The second kappa shape index (κ2) is 3.31. The molecular weight excluding hydrogens is 208 g/mol. The zero-order valence-corrected chi connectivity index (χ0v) is 8.89. The molecule has 16 heavy (non-hydrogen) atoms. The summed E-state index contributed by atoms with van der Waals surface area (Å²) in [7, 11) is 0. The quantitative estimate of drug-likeness (QED) is 0.790. The zero-order chi connectivity index (χ0) is 11.3. The van der Waals surface area contributed by atoms with Gasteiger partial charge in [0.25, 0.3) is 0 Å². The van der Waals surface area contributed by atoms with Crippen LogP contribution in [-0.2, 0) is 6.54 Å². The van der Waals surface area contributed by atoms with Crippen molar-refractivity contribution in [2.45, 2.75) is 44.2 Å². The number of carboxylic acid groups (broad SMARTS) is 1. The number of aromatic carboxylic acids is 1. The van der Waals surface area contributed by atoms with Gasteiger partial charge in [-0.3, -0.25) is 0 Å². The average Bonchev–Trinajstić information content (AvgIpc) is 2.99. The van der Waals surface area contributed by atoms with Crippen LogP contribution in [0.5, 0.6) is 0 Å². The first-order chi connectivity index (χ1) is 7.68. The molecule has 2 N–H and O–H groups in total. The van der Waals surface area contributed by atoms with Gasteiger partial charge in [0.15, 0.2) is 5.69 Å². The third-order valence-electron chi connectivity index (χ3n) is 3.36. The number of carbonyl (C=O) groups is 1. The fourth-order valence-electron chi connectivity index (χ4n) is 2.45. The number of aliphatic hydroxyl groups is 1. The highest BCUT2D eigenvalue weighted by Gasteiger charge is 2.35. The van der Waals surface area contributed by atoms with Crippen LogP contribution in [0.2, 0.25) is 0 Å². The van der Waals surface area contributed by atoms with Crippen molar-refractivity contribution < 1.29 is 15.0 Å². The van der Waals surface area contributed by atoms with Crippen LogP contribution in [0.3, 0.4) is 0 Å². The van der Waals surface area contributed by atoms with Gasteiger partial charge in [-0.25, -0.2) is 9.78 Å². The molecule has 1 fully saturated rings. The van der Waals surface area contributed by atoms with Gasteiger partial charge in [-0.2, -0.15) is 0 Å².